The molecule has 0 bridgehead atoms. The van der Waals surface area contributed by atoms with Crippen molar-refractivity contribution in [2.75, 3.05) is 11.9 Å². The van der Waals surface area contributed by atoms with Crippen molar-refractivity contribution < 1.29 is 5.11 Å². The topological polar surface area (TPSA) is 65.1 Å². The van der Waals surface area contributed by atoms with Crippen LogP contribution in [0.3, 0.4) is 0 Å². The number of benzene rings is 2. The Balaban J connectivity index is 1.92. The molecule has 4 aromatic rings. The molecule has 0 fully saturated rings. The smallest absolute Gasteiger partial charge is 0.266 e. The van der Waals surface area contributed by atoms with Crippen molar-refractivity contribution in [2.45, 2.75) is 6.42 Å². The van der Waals surface area contributed by atoms with E-state index in [1.54, 1.807) is 12.1 Å². The molecular weight excluding hydrogens is 320 g/mol. The van der Waals surface area contributed by atoms with E-state index in [1.165, 1.54) is 16.9 Å². The Hall–Kier alpha value is -2.79. The van der Waals surface area contributed by atoms with Gasteiger partial charge in [-0.25, -0.2) is 0 Å². The second-order valence-electron chi connectivity index (χ2n) is 6.05. The zero-order valence-electron chi connectivity index (χ0n) is 12.7. The van der Waals surface area contributed by atoms with Crippen LogP contribution in [-0.2, 0) is 6.42 Å². The average Bonchev–Trinajstić information content (AvgIpc) is 3.24. The van der Waals surface area contributed by atoms with Gasteiger partial charge < -0.3 is 15.4 Å². The lowest BCUT2D eigenvalue weighted by atomic mass is 9.95. The van der Waals surface area contributed by atoms with Crippen molar-refractivity contribution in [1.29, 1.82) is 0 Å². The molecule has 4 nitrogen and oxygen atoms in total. The molecule has 2 aromatic heterocycles. The van der Waals surface area contributed by atoms with E-state index >= 15 is 0 Å². The first-order valence-corrected chi connectivity index (χ1v) is 8.73. The third kappa shape index (κ3) is 1.82. The van der Waals surface area contributed by atoms with Gasteiger partial charge in [-0.2, -0.15) is 0 Å². The lowest BCUT2D eigenvalue weighted by Crippen LogP contribution is -2.04. The first-order chi connectivity index (χ1) is 11.7. The maximum absolute atomic E-state index is 12.2. The fourth-order valence-corrected chi connectivity index (χ4v) is 4.38. The van der Waals surface area contributed by atoms with Gasteiger partial charge in [-0.1, -0.05) is 6.07 Å². The van der Waals surface area contributed by atoms with Crippen LogP contribution < -0.4 is 10.9 Å². The minimum Gasteiger partial charge on any atom is -0.507 e. The lowest BCUT2D eigenvalue weighted by molar-refractivity contribution is 0.478. The summed E-state index contributed by atoms with van der Waals surface area (Å²) in [6, 6.07) is 11.6. The van der Waals surface area contributed by atoms with E-state index in [1.807, 2.05) is 17.5 Å². The Labute approximate surface area is 141 Å². The van der Waals surface area contributed by atoms with Crippen molar-refractivity contribution in [2.24, 2.45) is 0 Å². The molecule has 1 aliphatic rings. The van der Waals surface area contributed by atoms with Gasteiger partial charge in [-0.3, -0.25) is 4.79 Å². The van der Waals surface area contributed by atoms with Crippen LogP contribution in [0.2, 0.25) is 0 Å². The predicted molar refractivity (Wildman–Crippen MR) is 99.2 cm³/mol. The maximum atomic E-state index is 12.2. The largest absolute Gasteiger partial charge is 0.507 e. The van der Waals surface area contributed by atoms with E-state index in [0.717, 1.165) is 46.1 Å². The van der Waals surface area contributed by atoms with Gasteiger partial charge in [0.05, 0.1) is 0 Å². The molecule has 3 N–H and O–H groups in total. The quantitative estimate of drug-likeness (QED) is 0.491. The summed E-state index contributed by atoms with van der Waals surface area (Å²) in [6.45, 7) is 0.947. The van der Waals surface area contributed by atoms with Crippen LogP contribution in [0.4, 0.5) is 5.69 Å². The number of anilines is 1. The highest BCUT2D eigenvalue weighted by Gasteiger charge is 2.17. The van der Waals surface area contributed by atoms with E-state index in [4.69, 9.17) is 0 Å². The fraction of sp³-hybridized carbons (Fsp3) is 0.105. The van der Waals surface area contributed by atoms with Crippen molar-refractivity contribution in [1.82, 2.24) is 4.98 Å². The Kier molecular flexibility index (Phi) is 2.76. The number of pyridine rings is 1. The van der Waals surface area contributed by atoms with E-state index in [-0.39, 0.29) is 11.3 Å². The van der Waals surface area contributed by atoms with Crippen molar-refractivity contribution in [3.05, 3.63) is 57.7 Å². The summed E-state index contributed by atoms with van der Waals surface area (Å²) in [4.78, 5) is 15.2. The van der Waals surface area contributed by atoms with Crippen LogP contribution in [0, 0.1) is 0 Å². The number of hydrogen-bond acceptors (Lipinski definition) is 4. The summed E-state index contributed by atoms with van der Waals surface area (Å²) in [7, 11) is 0. The Morgan fingerprint density at radius 3 is 2.96 bits per heavy atom. The Morgan fingerprint density at radius 2 is 2.04 bits per heavy atom. The highest BCUT2D eigenvalue weighted by Crippen LogP contribution is 2.41. The van der Waals surface area contributed by atoms with Gasteiger partial charge in [0, 0.05) is 34.1 Å². The van der Waals surface area contributed by atoms with Crippen molar-refractivity contribution in [3.63, 3.8) is 0 Å². The van der Waals surface area contributed by atoms with Gasteiger partial charge >= 0.3 is 0 Å². The summed E-state index contributed by atoms with van der Waals surface area (Å²) in [5, 5.41) is 17.6. The molecule has 118 valence electrons. The molecule has 24 heavy (non-hydrogen) atoms. The molecule has 0 aliphatic carbocycles. The number of aromatic nitrogens is 1. The van der Waals surface area contributed by atoms with E-state index in [2.05, 4.69) is 22.4 Å². The molecular formula is C19H14N2O2S. The zero-order chi connectivity index (χ0) is 16.3. The van der Waals surface area contributed by atoms with Crippen LogP contribution in [0.1, 0.15) is 5.56 Å². The van der Waals surface area contributed by atoms with Crippen LogP contribution >= 0.6 is 11.3 Å². The monoisotopic (exact) mass is 334 g/mol. The first kappa shape index (κ1) is 13.6. The molecule has 1 aliphatic heterocycles. The molecule has 0 atom stereocenters. The molecule has 0 amide bonds. The maximum Gasteiger partial charge on any atom is 0.266 e. The molecule has 0 spiro atoms. The van der Waals surface area contributed by atoms with E-state index in [9.17, 15) is 9.90 Å². The summed E-state index contributed by atoms with van der Waals surface area (Å²) >= 11 is 1.42. The fourth-order valence-electron chi connectivity index (χ4n) is 3.59. The number of aromatic hydroxyl groups is 1. The van der Waals surface area contributed by atoms with Crippen LogP contribution in [0.15, 0.2) is 46.6 Å². The number of nitrogens with one attached hydrogen (secondary N) is 2. The van der Waals surface area contributed by atoms with Gasteiger partial charge in [-0.05, 0) is 53.3 Å². The number of rotatable bonds is 1. The zero-order valence-corrected chi connectivity index (χ0v) is 13.5. The Morgan fingerprint density at radius 1 is 1.12 bits per heavy atom. The molecule has 0 saturated heterocycles. The second kappa shape index (κ2) is 4.85. The van der Waals surface area contributed by atoms with Gasteiger partial charge in [0.15, 0.2) is 0 Å². The minimum absolute atomic E-state index is 0.0812. The summed E-state index contributed by atoms with van der Waals surface area (Å²) in [6.07, 6.45) is 0.986. The molecule has 5 heteroatoms. The molecule has 0 saturated carbocycles. The predicted octanol–water partition coefficient (Wildman–Crippen LogP) is 4.08. The molecule has 5 rings (SSSR count). The number of thiophene rings is 1. The molecule has 0 unspecified atom stereocenters. The summed E-state index contributed by atoms with van der Waals surface area (Å²) < 4.78 is 0.692. The normalized spacial score (nSPS) is 13.3. The van der Waals surface area contributed by atoms with Crippen molar-refractivity contribution in [3.8, 4) is 16.9 Å². The first-order valence-electron chi connectivity index (χ1n) is 7.85. The molecule has 3 heterocycles. The highest BCUT2D eigenvalue weighted by atomic mass is 32.1. The third-order valence-corrected chi connectivity index (χ3v) is 5.59. The standard InChI is InChI=1S/C19H14N2O2S/c22-15-4-3-14-17(12-6-8-24-18(12)19(23)21-14)16(15)11-1-2-13-10(9-11)5-7-20-13/h1-4,6,8-9,20,22H,5,7H2,(H,21,23). The van der Waals surface area contributed by atoms with Gasteiger partial charge in [0.1, 0.15) is 10.4 Å². The van der Waals surface area contributed by atoms with Crippen molar-refractivity contribution >= 4 is 38.0 Å². The van der Waals surface area contributed by atoms with Crippen LogP contribution in [0.5, 0.6) is 5.75 Å². The SMILES string of the molecule is O=c1[nH]c2ccc(O)c(-c3ccc4c(c3)CCN4)c2c2ccsc12. The molecule has 0 radical (unpaired) electrons. The van der Waals surface area contributed by atoms with Gasteiger partial charge in [0.2, 0.25) is 0 Å². The van der Waals surface area contributed by atoms with Gasteiger partial charge in [-0.15, -0.1) is 11.3 Å². The lowest BCUT2D eigenvalue weighted by Gasteiger charge is -2.12. The highest BCUT2D eigenvalue weighted by molar-refractivity contribution is 7.17. The Bertz CT molecular complexity index is 1170. The summed E-state index contributed by atoms with van der Waals surface area (Å²) in [5.41, 5.74) is 4.84. The minimum atomic E-state index is -0.0812. The second-order valence-corrected chi connectivity index (χ2v) is 6.96. The average molecular weight is 334 g/mol. The van der Waals surface area contributed by atoms with E-state index in [0.29, 0.717) is 4.70 Å². The molecule has 2 aromatic carbocycles. The number of H-pyrrole nitrogens is 1. The number of aromatic amines is 1. The number of phenolic OH excluding ortho intramolecular Hbond substituents is 1. The van der Waals surface area contributed by atoms with Gasteiger partial charge in [0.25, 0.3) is 5.56 Å². The number of hydrogen-bond donors (Lipinski definition) is 3. The van der Waals surface area contributed by atoms with Crippen LogP contribution in [0.25, 0.3) is 32.1 Å². The van der Waals surface area contributed by atoms with E-state index < -0.39 is 0 Å². The third-order valence-electron chi connectivity index (χ3n) is 4.68. The summed E-state index contributed by atoms with van der Waals surface area (Å²) in [5.74, 6) is 0.230. The van der Waals surface area contributed by atoms with Crippen LogP contribution in [-0.4, -0.2) is 16.6 Å². The number of phenols is 1. The number of fused-ring (bicyclic) bond motifs is 4.